The summed E-state index contributed by atoms with van der Waals surface area (Å²) in [5, 5.41) is 0. The van der Waals surface area contributed by atoms with Crippen molar-refractivity contribution in [2.24, 2.45) is 0 Å². The lowest BCUT2D eigenvalue weighted by Crippen LogP contribution is -2.34. The molecule has 30 heavy (non-hydrogen) atoms. The number of hydrogen-bond donors (Lipinski definition) is 1. The number of likely N-dealkylation sites (tertiary alicyclic amines) is 1. The standard InChI is InChI=1S/C22H24N2O5S/c25-21(24-14-4-5-15-24)20(16-6-2-1-3-7-16)29-22(26)17-8-12-19(13-9-17)30(27,28)23-18-10-11-18/h1-3,6-9,12-13,18,20,23H,4-5,10-11,14-15H2. The van der Waals surface area contributed by atoms with E-state index in [1.807, 2.05) is 6.07 Å². The zero-order chi connectivity index (χ0) is 21.1. The van der Waals surface area contributed by atoms with E-state index in [0.29, 0.717) is 18.7 Å². The third kappa shape index (κ3) is 4.71. The molecule has 2 aromatic carbocycles. The molecule has 7 nitrogen and oxygen atoms in total. The maximum Gasteiger partial charge on any atom is 0.339 e. The van der Waals surface area contributed by atoms with Gasteiger partial charge in [-0.2, -0.15) is 0 Å². The second-order valence-electron chi connectivity index (χ2n) is 7.65. The van der Waals surface area contributed by atoms with Gasteiger partial charge in [0.05, 0.1) is 10.5 Å². The molecule has 0 aromatic heterocycles. The van der Waals surface area contributed by atoms with Crippen molar-refractivity contribution in [1.82, 2.24) is 9.62 Å². The highest BCUT2D eigenvalue weighted by Gasteiger charge is 2.32. The van der Waals surface area contributed by atoms with Crippen LogP contribution in [0.25, 0.3) is 0 Å². The molecule has 1 heterocycles. The molecule has 158 valence electrons. The zero-order valence-electron chi connectivity index (χ0n) is 16.5. The van der Waals surface area contributed by atoms with Crippen LogP contribution in [-0.2, 0) is 19.6 Å². The lowest BCUT2D eigenvalue weighted by atomic mass is 10.1. The van der Waals surface area contributed by atoms with Gasteiger partial charge in [-0.3, -0.25) is 4.79 Å². The van der Waals surface area contributed by atoms with E-state index in [1.165, 1.54) is 24.3 Å². The third-order valence-corrected chi connectivity index (χ3v) is 6.81. The van der Waals surface area contributed by atoms with Gasteiger partial charge in [0.25, 0.3) is 5.91 Å². The number of amides is 1. The van der Waals surface area contributed by atoms with Gasteiger partial charge in [0.15, 0.2) is 0 Å². The van der Waals surface area contributed by atoms with E-state index in [0.717, 1.165) is 25.7 Å². The van der Waals surface area contributed by atoms with E-state index in [2.05, 4.69) is 4.72 Å². The number of carbonyl (C=O) groups is 2. The average molecular weight is 429 g/mol. The van der Waals surface area contributed by atoms with E-state index < -0.39 is 22.1 Å². The van der Waals surface area contributed by atoms with Gasteiger partial charge in [-0.1, -0.05) is 30.3 Å². The smallest absolute Gasteiger partial charge is 0.339 e. The highest BCUT2D eigenvalue weighted by Crippen LogP contribution is 2.25. The first-order valence-electron chi connectivity index (χ1n) is 10.1. The number of ether oxygens (including phenoxy) is 1. The Balaban J connectivity index is 1.51. The highest BCUT2D eigenvalue weighted by atomic mass is 32.2. The molecule has 1 unspecified atom stereocenters. The fourth-order valence-electron chi connectivity index (χ4n) is 3.43. The van der Waals surface area contributed by atoms with Gasteiger partial charge in [-0.25, -0.2) is 17.9 Å². The summed E-state index contributed by atoms with van der Waals surface area (Å²) < 4.78 is 32.8. The largest absolute Gasteiger partial charge is 0.444 e. The minimum Gasteiger partial charge on any atom is -0.444 e. The normalized spacial score (nSPS) is 17.5. The van der Waals surface area contributed by atoms with Crippen LogP contribution in [0.2, 0.25) is 0 Å². The predicted octanol–water partition coefficient (Wildman–Crippen LogP) is 2.65. The molecule has 1 saturated carbocycles. The molecule has 1 N–H and O–H groups in total. The molecule has 1 atom stereocenters. The molecule has 1 amide bonds. The number of nitrogens with zero attached hydrogens (tertiary/aromatic N) is 1. The molecule has 2 fully saturated rings. The molecule has 2 aromatic rings. The summed E-state index contributed by atoms with van der Waals surface area (Å²) in [5.74, 6) is -0.907. The van der Waals surface area contributed by atoms with Crippen LogP contribution in [0.15, 0.2) is 59.5 Å². The number of benzene rings is 2. The molecule has 2 aliphatic rings. The van der Waals surface area contributed by atoms with Crippen LogP contribution < -0.4 is 4.72 Å². The average Bonchev–Trinajstić information content (AvgIpc) is 3.38. The van der Waals surface area contributed by atoms with E-state index in [-0.39, 0.29) is 22.4 Å². The van der Waals surface area contributed by atoms with E-state index in [1.54, 1.807) is 29.2 Å². The third-order valence-electron chi connectivity index (χ3n) is 5.27. The Morgan fingerprint density at radius 1 is 0.967 bits per heavy atom. The van der Waals surface area contributed by atoms with Gasteiger partial charge in [-0.15, -0.1) is 0 Å². The summed E-state index contributed by atoms with van der Waals surface area (Å²) in [7, 11) is -3.59. The van der Waals surface area contributed by atoms with Crippen molar-refractivity contribution in [3.8, 4) is 0 Å². The summed E-state index contributed by atoms with van der Waals surface area (Å²) in [5.41, 5.74) is 0.797. The molecule has 0 bridgehead atoms. The SMILES string of the molecule is O=C(OC(C(=O)N1CCCC1)c1ccccc1)c1ccc(S(=O)(=O)NC2CC2)cc1. The molecule has 0 radical (unpaired) electrons. The van der Waals surface area contributed by atoms with Gasteiger partial charge in [0.1, 0.15) is 0 Å². The molecule has 0 spiro atoms. The van der Waals surface area contributed by atoms with Gasteiger partial charge in [-0.05, 0) is 49.9 Å². The number of sulfonamides is 1. The Morgan fingerprint density at radius 3 is 2.20 bits per heavy atom. The maximum atomic E-state index is 13.0. The van der Waals surface area contributed by atoms with Crippen LogP contribution in [-0.4, -0.2) is 44.3 Å². The summed E-state index contributed by atoms with van der Waals surface area (Å²) >= 11 is 0. The number of rotatable bonds is 7. The second-order valence-corrected chi connectivity index (χ2v) is 9.36. The highest BCUT2D eigenvalue weighted by molar-refractivity contribution is 7.89. The summed E-state index contributed by atoms with van der Waals surface area (Å²) in [6, 6.07) is 14.5. The number of nitrogens with one attached hydrogen (secondary N) is 1. The van der Waals surface area contributed by atoms with Crippen LogP contribution in [0.5, 0.6) is 0 Å². The summed E-state index contributed by atoms with van der Waals surface area (Å²) in [6.45, 7) is 1.31. The molecular weight excluding hydrogens is 404 g/mol. The maximum absolute atomic E-state index is 13.0. The second kappa shape index (κ2) is 8.57. The lowest BCUT2D eigenvalue weighted by Gasteiger charge is -2.23. The molecular formula is C22H24N2O5S. The van der Waals surface area contributed by atoms with E-state index >= 15 is 0 Å². The first-order valence-corrected chi connectivity index (χ1v) is 11.6. The minimum absolute atomic E-state index is 0.00266. The molecule has 1 aliphatic heterocycles. The Labute approximate surface area is 176 Å². The van der Waals surface area contributed by atoms with Gasteiger partial charge >= 0.3 is 5.97 Å². The quantitative estimate of drug-likeness (QED) is 0.685. The van der Waals surface area contributed by atoms with Gasteiger partial charge < -0.3 is 9.64 Å². The predicted molar refractivity (Wildman–Crippen MR) is 110 cm³/mol. The van der Waals surface area contributed by atoms with Crippen molar-refractivity contribution >= 4 is 21.9 Å². The lowest BCUT2D eigenvalue weighted by molar-refractivity contribution is -0.140. The molecule has 1 aliphatic carbocycles. The van der Waals surface area contributed by atoms with Crippen molar-refractivity contribution in [2.45, 2.75) is 42.7 Å². The fraction of sp³-hybridized carbons (Fsp3) is 0.364. The van der Waals surface area contributed by atoms with Crippen LogP contribution in [0, 0.1) is 0 Å². The van der Waals surface area contributed by atoms with Crippen molar-refractivity contribution in [3.63, 3.8) is 0 Å². The number of carbonyl (C=O) groups excluding carboxylic acids is 2. The Morgan fingerprint density at radius 2 is 1.60 bits per heavy atom. The number of esters is 1. The molecule has 1 saturated heterocycles. The summed E-state index contributed by atoms with van der Waals surface area (Å²) in [4.78, 5) is 27.5. The number of hydrogen-bond acceptors (Lipinski definition) is 5. The fourth-order valence-corrected chi connectivity index (χ4v) is 4.73. The van der Waals surface area contributed by atoms with Crippen LogP contribution in [0.1, 0.15) is 47.7 Å². The van der Waals surface area contributed by atoms with E-state index in [9.17, 15) is 18.0 Å². The van der Waals surface area contributed by atoms with Crippen LogP contribution in [0.3, 0.4) is 0 Å². The Kier molecular flexibility index (Phi) is 5.87. The molecule has 8 heteroatoms. The van der Waals surface area contributed by atoms with Crippen LogP contribution in [0.4, 0.5) is 0 Å². The van der Waals surface area contributed by atoms with E-state index in [4.69, 9.17) is 4.74 Å². The van der Waals surface area contributed by atoms with Crippen molar-refractivity contribution in [1.29, 1.82) is 0 Å². The minimum atomic E-state index is -3.59. The topological polar surface area (TPSA) is 92.8 Å². The Hall–Kier alpha value is -2.71. The Bertz CT molecular complexity index is 1010. The van der Waals surface area contributed by atoms with Crippen molar-refractivity contribution < 1.29 is 22.7 Å². The van der Waals surface area contributed by atoms with Crippen molar-refractivity contribution in [3.05, 3.63) is 65.7 Å². The zero-order valence-corrected chi connectivity index (χ0v) is 17.3. The molecule has 4 rings (SSSR count). The monoisotopic (exact) mass is 428 g/mol. The van der Waals surface area contributed by atoms with Crippen LogP contribution >= 0.6 is 0 Å². The van der Waals surface area contributed by atoms with Gasteiger partial charge in [0, 0.05) is 24.7 Å². The van der Waals surface area contributed by atoms with Gasteiger partial charge in [0.2, 0.25) is 16.1 Å². The summed E-state index contributed by atoms with van der Waals surface area (Å²) in [6.07, 6.45) is 2.53. The van der Waals surface area contributed by atoms with Crippen molar-refractivity contribution in [2.75, 3.05) is 13.1 Å². The first-order chi connectivity index (χ1) is 14.4. The first kappa shape index (κ1) is 20.6.